The molecule has 0 radical (unpaired) electrons. The van der Waals surface area contributed by atoms with Gasteiger partial charge < -0.3 is 10.6 Å². The predicted molar refractivity (Wildman–Crippen MR) is 80.4 cm³/mol. The summed E-state index contributed by atoms with van der Waals surface area (Å²) in [5, 5.41) is 6.62. The van der Waals surface area contributed by atoms with Crippen LogP contribution < -0.4 is 10.6 Å². The highest BCUT2D eigenvalue weighted by atomic mass is 16.1. The molecule has 1 saturated heterocycles. The van der Waals surface area contributed by atoms with Gasteiger partial charge in [0, 0.05) is 6.42 Å². The van der Waals surface area contributed by atoms with Gasteiger partial charge in [0.2, 0.25) is 5.91 Å². The lowest BCUT2D eigenvalue weighted by Gasteiger charge is -2.24. The molecule has 0 unspecified atom stereocenters. The van der Waals surface area contributed by atoms with Crippen molar-refractivity contribution in [3.05, 3.63) is 35.4 Å². The van der Waals surface area contributed by atoms with E-state index in [1.807, 2.05) is 0 Å². The Kier molecular flexibility index (Phi) is 4.06. The van der Waals surface area contributed by atoms with Crippen molar-refractivity contribution in [3.8, 4) is 0 Å². The number of piperidine rings is 1. The highest BCUT2D eigenvalue weighted by Crippen LogP contribution is 2.35. The predicted octanol–water partition coefficient (Wildman–Crippen LogP) is 2.43. The average Bonchev–Trinajstić information content (AvgIpc) is 2.76. The summed E-state index contributed by atoms with van der Waals surface area (Å²) in [6.45, 7) is 4.34. The van der Waals surface area contributed by atoms with E-state index in [1.54, 1.807) is 0 Å². The molecular formula is C17H24N2O. The van der Waals surface area contributed by atoms with E-state index in [9.17, 15) is 4.79 Å². The van der Waals surface area contributed by atoms with Crippen LogP contribution in [0.1, 0.15) is 43.4 Å². The highest BCUT2D eigenvalue weighted by molar-refractivity contribution is 5.77. The second-order valence-corrected chi connectivity index (χ2v) is 6.32. The van der Waals surface area contributed by atoms with Crippen molar-refractivity contribution in [2.24, 2.45) is 11.8 Å². The van der Waals surface area contributed by atoms with Crippen molar-refractivity contribution < 1.29 is 4.79 Å². The van der Waals surface area contributed by atoms with Gasteiger partial charge in [0.1, 0.15) is 0 Å². The van der Waals surface area contributed by atoms with Crippen molar-refractivity contribution in [2.45, 2.75) is 38.6 Å². The Hall–Kier alpha value is -1.35. The first kappa shape index (κ1) is 13.6. The van der Waals surface area contributed by atoms with Crippen LogP contribution in [-0.2, 0) is 11.2 Å². The van der Waals surface area contributed by atoms with E-state index in [1.165, 1.54) is 11.1 Å². The van der Waals surface area contributed by atoms with E-state index in [0.29, 0.717) is 18.3 Å². The first-order valence-corrected chi connectivity index (χ1v) is 7.82. The molecule has 3 nitrogen and oxygen atoms in total. The van der Waals surface area contributed by atoms with Crippen LogP contribution in [0.4, 0.5) is 0 Å². The Morgan fingerprint density at radius 3 is 2.85 bits per heavy atom. The number of amides is 1. The van der Waals surface area contributed by atoms with Crippen LogP contribution in [0.25, 0.3) is 0 Å². The molecule has 0 spiro atoms. The van der Waals surface area contributed by atoms with E-state index < -0.39 is 0 Å². The van der Waals surface area contributed by atoms with Crippen molar-refractivity contribution in [1.82, 2.24) is 10.6 Å². The summed E-state index contributed by atoms with van der Waals surface area (Å²) in [6.07, 6.45) is 4.02. The average molecular weight is 272 g/mol. The van der Waals surface area contributed by atoms with Crippen LogP contribution in [0.2, 0.25) is 0 Å². The highest BCUT2D eigenvalue weighted by Gasteiger charge is 2.30. The van der Waals surface area contributed by atoms with Crippen LogP contribution in [0.5, 0.6) is 0 Å². The lowest BCUT2D eigenvalue weighted by Crippen LogP contribution is -2.34. The minimum Gasteiger partial charge on any atom is -0.349 e. The number of hydrogen-bond acceptors (Lipinski definition) is 2. The third kappa shape index (κ3) is 2.88. The van der Waals surface area contributed by atoms with Gasteiger partial charge in [0.05, 0.1) is 6.04 Å². The molecule has 0 bridgehead atoms. The Bertz CT molecular complexity index is 480. The molecule has 1 aromatic carbocycles. The van der Waals surface area contributed by atoms with Crippen molar-refractivity contribution in [2.75, 3.05) is 13.1 Å². The molecule has 1 heterocycles. The molecule has 2 atom stereocenters. The third-order valence-electron chi connectivity index (χ3n) is 4.75. The van der Waals surface area contributed by atoms with Gasteiger partial charge in [-0.05, 0) is 55.3 Å². The summed E-state index contributed by atoms with van der Waals surface area (Å²) < 4.78 is 0. The van der Waals surface area contributed by atoms with E-state index in [4.69, 9.17) is 0 Å². The lowest BCUT2D eigenvalue weighted by atomic mass is 9.93. The zero-order valence-electron chi connectivity index (χ0n) is 12.2. The second kappa shape index (κ2) is 5.96. The molecule has 2 aliphatic rings. The van der Waals surface area contributed by atoms with Crippen LogP contribution in [-0.4, -0.2) is 19.0 Å². The molecule has 1 aromatic rings. The number of rotatable bonds is 3. The third-order valence-corrected chi connectivity index (χ3v) is 4.75. The van der Waals surface area contributed by atoms with Gasteiger partial charge >= 0.3 is 0 Å². The maximum absolute atomic E-state index is 12.3. The lowest BCUT2D eigenvalue weighted by molar-refractivity contribution is -0.123. The van der Waals surface area contributed by atoms with Crippen LogP contribution in [0.3, 0.4) is 0 Å². The summed E-state index contributed by atoms with van der Waals surface area (Å²) in [5.41, 5.74) is 2.71. The van der Waals surface area contributed by atoms with Gasteiger partial charge in [-0.2, -0.15) is 0 Å². The quantitative estimate of drug-likeness (QED) is 0.887. The number of nitrogens with one attached hydrogen (secondary N) is 2. The summed E-state index contributed by atoms with van der Waals surface area (Å²) in [7, 11) is 0. The number of benzene rings is 1. The number of carbonyl (C=O) groups excluding carboxylic acids is 1. The molecule has 1 aliphatic carbocycles. The molecule has 2 N–H and O–H groups in total. The van der Waals surface area contributed by atoms with Crippen molar-refractivity contribution in [1.29, 1.82) is 0 Å². The minimum absolute atomic E-state index is 0.209. The maximum Gasteiger partial charge on any atom is 0.220 e. The summed E-state index contributed by atoms with van der Waals surface area (Å²) in [6, 6.07) is 8.72. The molecule has 20 heavy (non-hydrogen) atoms. The largest absolute Gasteiger partial charge is 0.349 e. The van der Waals surface area contributed by atoms with Crippen LogP contribution in [0, 0.1) is 11.8 Å². The fraction of sp³-hybridized carbons (Fsp3) is 0.588. The van der Waals surface area contributed by atoms with Gasteiger partial charge in [0.25, 0.3) is 0 Å². The Morgan fingerprint density at radius 1 is 1.30 bits per heavy atom. The molecule has 108 valence electrons. The molecule has 3 rings (SSSR count). The normalized spacial score (nSPS) is 26.2. The van der Waals surface area contributed by atoms with E-state index in [2.05, 4.69) is 41.8 Å². The maximum atomic E-state index is 12.3. The second-order valence-electron chi connectivity index (χ2n) is 6.32. The Balaban J connectivity index is 1.61. The van der Waals surface area contributed by atoms with Gasteiger partial charge in [-0.3, -0.25) is 4.79 Å². The topological polar surface area (TPSA) is 41.1 Å². The summed E-state index contributed by atoms with van der Waals surface area (Å²) in [5.74, 6) is 1.29. The van der Waals surface area contributed by atoms with Crippen LogP contribution in [0.15, 0.2) is 24.3 Å². The monoisotopic (exact) mass is 272 g/mol. The molecular weight excluding hydrogens is 248 g/mol. The summed E-state index contributed by atoms with van der Waals surface area (Å²) >= 11 is 0. The molecule has 1 fully saturated rings. The zero-order valence-corrected chi connectivity index (χ0v) is 12.2. The molecule has 0 aromatic heterocycles. The molecule has 3 heteroatoms. The number of fused-ring (bicyclic) bond motifs is 1. The van der Waals surface area contributed by atoms with Gasteiger partial charge in [-0.1, -0.05) is 31.2 Å². The van der Waals surface area contributed by atoms with E-state index in [0.717, 1.165) is 32.4 Å². The van der Waals surface area contributed by atoms with Gasteiger partial charge in [-0.25, -0.2) is 0 Å². The Morgan fingerprint density at radius 2 is 2.05 bits per heavy atom. The molecule has 0 saturated carbocycles. The molecule has 1 amide bonds. The first-order valence-electron chi connectivity index (χ1n) is 7.82. The fourth-order valence-corrected chi connectivity index (χ4v) is 3.60. The number of carbonyl (C=O) groups is 1. The summed E-state index contributed by atoms with van der Waals surface area (Å²) in [4.78, 5) is 12.3. The van der Waals surface area contributed by atoms with E-state index >= 15 is 0 Å². The Labute approximate surface area is 121 Å². The van der Waals surface area contributed by atoms with Crippen molar-refractivity contribution in [3.63, 3.8) is 0 Å². The van der Waals surface area contributed by atoms with Gasteiger partial charge in [0.15, 0.2) is 0 Å². The zero-order chi connectivity index (χ0) is 13.9. The SMILES string of the molecule is C[C@@H]1Cc2ccccc2[C@H]1NC(=O)CC1CCNCC1. The number of hydrogen-bond donors (Lipinski definition) is 2. The smallest absolute Gasteiger partial charge is 0.220 e. The van der Waals surface area contributed by atoms with Crippen LogP contribution >= 0.6 is 0 Å². The van der Waals surface area contributed by atoms with Gasteiger partial charge in [-0.15, -0.1) is 0 Å². The minimum atomic E-state index is 0.209. The standard InChI is InChI=1S/C17H24N2O/c1-12-10-14-4-2-3-5-15(14)17(12)19-16(20)11-13-6-8-18-9-7-13/h2-5,12-13,17-18H,6-11H2,1H3,(H,19,20)/t12-,17+/m1/s1. The van der Waals surface area contributed by atoms with E-state index in [-0.39, 0.29) is 11.9 Å². The fourth-order valence-electron chi connectivity index (χ4n) is 3.60. The molecule has 1 aliphatic heterocycles. The first-order chi connectivity index (χ1) is 9.74. The van der Waals surface area contributed by atoms with Crippen molar-refractivity contribution >= 4 is 5.91 Å².